The number of esters is 1. The lowest BCUT2D eigenvalue weighted by atomic mass is 9.80. The number of nitrogens with one attached hydrogen (secondary N) is 1. The van der Waals surface area contributed by atoms with Crippen LogP contribution in [0.1, 0.15) is 29.3 Å². The van der Waals surface area contributed by atoms with Gasteiger partial charge in [0.1, 0.15) is 5.69 Å². The van der Waals surface area contributed by atoms with E-state index in [0.717, 1.165) is 28.0 Å². The van der Waals surface area contributed by atoms with Crippen LogP contribution in [0.25, 0.3) is 0 Å². The molecule has 1 amide bonds. The van der Waals surface area contributed by atoms with Gasteiger partial charge in [-0.1, -0.05) is 96.2 Å². The van der Waals surface area contributed by atoms with Gasteiger partial charge in [-0.05, 0) is 6.92 Å². The molecule has 0 aliphatic carbocycles. The minimum atomic E-state index is -1.17. The van der Waals surface area contributed by atoms with Crippen molar-refractivity contribution in [1.82, 2.24) is 4.98 Å². The van der Waals surface area contributed by atoms with Crippen molar-refractivity contribution in [3.05, 3.63) is 119 Å². The van der Waals surface area contributed by atoms with Gasteiger partial charge in [0, 0.05) is 22.1 Å². The number of benzene rings is 3. The first-order chi connectivity index (χ1) is 17.2. The molecule has 0 saturated carbocycles. The predicted octanol–water partition coefficient (Wildman–Crippen LogP) is 4.99. The summed E-state index contributed by atoms with van der Waals surface area (Å²) in [5.41, 5.74) is 1.44. The first-order valence-corrected chi connectivity index (χ1v) is 11.8. The van der Waals surface area contributed by atoms with Crippen molar-refractivity contribution in [2.45, 2.75) is 12.5 Å². The van der Waals surface area contributed by atoms with E-state index in [1.54, 1.807) is 12.3 Å². The van der Waals surface area contributed by atoms with Gasteiger partial charge in [0.2, 0.25) is 17.7 Å². The molecule has 0 fully saturated rings. The molecule has 8 heteroatoms. The zero-order valence-corrected chi connectivity index (χ0v) is 19.8. The normalized spacial score (nSPS) is 11.5. The highest BCUT2D eigenvalue weighted by molar-refractivity contribution is 7.14. The zero-order chi connectivity index (χ0) is 24.5. The molecule has 0 atom stereocenters. The van der Waals surface area contributed by atoms with Crippen molar-refractivity contribution in [3.63, 3.8) is 0 Å². The van der Waals surface area contributed by atoms with Gasteiger partial charge < -0.3 is 14.9 Å². The van der Waals surface area contributed by atoms with Crippen LogP contribution < -0.4 is 5.32 Å². The Morgan fingerprint density at radius 1 is 0.943 bits per heavy atom. The van der Waals surface area contributed by atoms with E-state index in [4.69, 9.17) is 9.57 Å². The number of rotatable bonds is 10. The van der Waals surface area contributed by atoms with Gasteiger partial charge in [0.15, 0.2) is 5.13 Å². The summed E-state index contributed by atoms with van der Waals surface area (Å²) < 4.78 is 5.23. The highest BCUT2D eigenvalue weighted by Crippen LogP contribution is 2.40. The number of carbonyl (C=O) groups is 2. The maximum Gasteiger partial charge on any atom is 0.362 e. The van der Waals surface area contributed by atoms with E-state index < -0.39 is 11.6 Å². The Morgan fingerprint density at radius 2 is 1.46 bits per heavy atom. The summed E-state index contributed by atoms with van der Waals surface area (Å²) in [6.07, 6.45) is 0.519. The molecule has 0 bridgehead atoms. The molecule has 1 aromatic heterocycles. The van der Waals surface area contributed by atoms with Crippen molar-refractivity contribution in [3.8, 4) is 0 Å². The van der Waals surface area contributed by atoms with Gasteiger partial charge in [-0.15, -0.1) is 11.3 Å². The van der Waals surface area contributed by atoms with Crippen molar-refractivity contribution >= 4 is 34.6 Å². The third-order valence-electron chi connectivity index (χ3n) is 5.21. The molecular weight excluding hydrogens is 462 g/mol. The smallest absolute Gasteiger partial charge is 0.362 e. The third-order valence-corrected chi connectivity index (χ3v) is 5.99. The fourth-order valence-corrected chi connectivity index (χ4v) is 4.33. The Bertz CT molecular complexity index is 1200. The van der Waals surface area contributed by atoms with Crippen LogP contribution in [0.3, 0.4) is 0 Å². The molecule has 7 nitrogen and oxygen atoms in total. The summed E-state index contributed by atoms with van der Waals surface area (Å²) in [6, 6.07) is 29.0. The Balaban J connectivity index is 1.91. The fraction of sp³-hybridized carbons (Fsp3) is 0.111. The number of thiazole rings is 1. The predicted molar refractivity (Wildman–Crippen MR) is 135 cm³/mol. The Hall–Kier alpha value is -4.30. The molecular formula is C27H23N3O4S. The molecule has 0 unspecified atom stereocenters. The standard InChI is InChI=1S/C27H23N3O4S/c1-2-33-25(32)24(23-18-35-26(29-23)28-19-31)30-34-27(20-12-6-3-7-13-20,21-14-8-4-9-15-21)22-16-10-5-11-17-22/h3-19H,2H2,1H3,(H,28,29,31). The number of nitrogens with zero attached hydrogens (tertiary/aromatic N) is 2. The van der Waals surface area contributed by atoms with E-state index in [1.807, 2.05) is 91.0 Å². The Morgan fingerprint density at radius 3 is 1.91 bits per heavy atom. The SMILES string of the molecule is CCOC(=O)C(=NOC(c1ccccc1)(c1ccccc1)c1ccccc1)c1csc(NC=O)n1. The molecule has 176 valence electrons. The van der Waals surface area contributed by atoms with Crippen LogP contribution in [0.4, 0.5) is 5.13 Å². The van der Waals surface area contributed by atoms with Crippen LogP contribution in [0, 0.1) is 0 Å². The molecule has 0 aliphatic heterocycles. The van der Waals surface area contributed by atoms with Gasteiger partial charge >= 0.3 is 5.97 Å². The largest absolute Gasteiger partial charge is 0.461 e. The maximum absolute atomic E-state index is 12.9. The molecule has 0 spiro atoms. The summed E-state index contributed by atoms with van der Waals surface area (Å²) in [6.45, 7) is 1.86. The monoisotopic (exact) mass is 485 g/mol. The first kappa shape index (κ1) is 23.8. The topological polar surface area (TPSA) is 89.9 Å². The van der Waals surface area contributed by atoms with E-state index in [-0.39, 0.29) is 18.0 Å². The highest BCUT2D eigenvalue weighted by Gasteiger charge is 2.40. The van der Waals surface area contributed by atoms with Gasteiger partial charge in [0.05, 0.1) is 6.61 Å². The zero-order valence-electron chi connectivity index (χ0n) is 19.0. The van der Waals surface area contributed by atoms with Crippen LogP contribution >= 0.6 is 11.3 Å². The van der Waals surface area contributed by atoms with Crippen molar-refractivity contribution in [1.29, 1.82) is 0 Å². The minimum Gasteiger partial charge on any atom is -0.461 e. The molecule has 3 aromatic carbocycles. The second-order valence-electron chi connectivity index (χ2n) is 7.33. The van der Waals surface area contributed by atoms with Crippen molar-refractivity contribution < 1.29 is 19.2 Å². The lowest BCUT2D eigenvalue weighted by molar-refractivity contribution is -0.135. The van der Waals surface area contributed by atoms with Crippen LogP contribution in [-0.2, 0) is 24.8 Å². The molecule has 0 radical (unpaired) electrons. The van der Waals surface area contributed by atoms with E-state index in [0.29, 0.717) is 11.5 Å². The summed E-state index contributed by atoms with van der Waals surface area (Å²) in [5.74, 6) is -0.682. The number of anilines is 1. The molecule has 4 rings (SSSR count). The molecule has 4 aromatic rings. The van der Waals surface area contributed by atoms with Crippen LogP contribution in [0.5, 0.6) is 0 Å². The average Bonchev–Trinajstić information content (AvgIpc) is 3.37. The Kier molecular flexibility index (Phi) is 7.64. The van der Waals surface area contributed by atoms with Crippen LogP contribution in [0.2, 0.25) is 0 Å². The van der Waals surface area contributed by atoms with E-state index >= 15 is 0 Å². The number of aromatic nitrogens is 1. The number of oxime groups is 1. The quantitative estimate of drug-likeness (QED) is 0.112. The molecule has 35 heavy (non-hydrogen) atoms. The van der Waals surface area contributed by atoms with Crippen LogP contribution in [0.15, 0.2) is 102 Å². The van der Waals surface area contributed by atoms with Crippen LogP contribution in [-0.4, -0.2) is 29.7 Å². The van der Waals surface area contributed by atoms with Gasteiger partial charge in [0.25, 0.3) is 0 Å². The van der Waals surface area contributed by atoms with Gasteiger partial charge in [-0.2, -0.15) is 0 Å². The lowest BCUT2D eigenvalue weighted by Crippen LogP contribution is -2.32. The number of carbonyl (C=O) groups excluding carboxylic acids is 2. The number of hydrogen-bond acceptors (Lipinski definition) is 7. The number of amides is 1. The minimum absolute atomic E-state index is 0.103. The van der Waals surface area contributed by atoms with Gasteiger partial charge in [-0.3, -0.25) is 4.79 Å². The lowest BCUT2D eigenvalue weighted by Gasteiger charge is -2.33. The molecule has 1 N–H and O–H groups in total. The Labute approximate surface area is 207 Å². The second-order valence-corrected chi connectivity index (χ2v) is 8.19. The van der Waals surface area contributed by atoms with E-state index in [9.17, 15) is 9.59 Å². The summed E-state index contributed by atoms with van der Waals surface area (Å²) in [7, 11) is 0. The van der Waals surface area contributed by atoms with Gasteiger partial charge in [-0.25, -0.2) is 9.78 Å². The molecule has 0 saturated heterocycles. The van der Waals surface area contributed by atoms with E-state index in [1.165, 1.54) is 0 Å². The average molecular weight is 486 g/mol. The summed E-state index contributed by atoms with van der Waals surface area (Å²) >= 11 is 1.16. The van der Waals surface area contributed by atoms with Crippen molar-refractivity contribution in [2.75, 3.05) is 11.9 Å². The van der Waals surface area contributed by atoms with Crippen molar-refractivity contribution in [2.24, 2.45) is 5.16 Å². The highest BCUT2D eigenvalue weighted by atomic mass is 32.1. The second kappa shape index (κ2) is 11.2. The van der Waals surface area contributed by atoms with E-state index in [2.05, 4.69) is 15.5 Å². The summed E-state index contributed by atoms with van der Waals surface area (Å²) in [4.78, 5) is 34.4. The molecule has 1 heterocycles. The fourth-order valence-electron chi connectivity index (χ4n) is 3.68. The number of hydrogen-bond donors (Lipinski definition) is 1. The summed E-state index contributed by atoms with van der Waals surface area (Å²) in [5, 5.41) is 8.78. The first-order valence-electron chi connectivity index (χ1n) is 10.9. The maximum atomic E-state index is 12.9. The molecule has 0 aliphatic rings. The third kappa shape index (κ3) is 5.12. The number of ether oxygens (including phenoxy) is 1.